The molecule has 0 aliphatic carbocycles. The predicted octanol–water partition coefficient (Wildman–Crippen LogP) is 4.15. The van der Waals surface area contributed by atoms with Crippen LogP contribution in [0.1, 0.15) is 37.3 Å². The molecule has 4 rings (SSSR count). The Bertz CT molecular complexity index is 947. The SMILES string of the molecule is CCOCCCN1C(=O)C(c2ccccc2)=C(N2CCC(Cc3ccccc3)CC2)C1=O. The number of rotatable bonds is 9. The Labute approximate surface area is 190 Å². The van der Waals surface area contributed by atoms with Crippen LogP contribution in [0.4, 0.5) is 0 Å². The molecule has 0 aromatic heterocycles. The van der Waals surface area contributed by atoms with Crippen LogP contribution in [0.3, 0.4) is 0 Å². The lowest BCUT2D eigenvalue weighted by atomic mass is 9.89. The first-order chi connectivity index (χ1) is 15.7. The second kappa shape index (κ2) is 10.6. The Kier molecular flexibility index (Phi) is 7.38. The number of hydrogen-bond donors (Lipinski definition) is 0. The van der Waals surface area contributed by atoms with Crippen molar-refractivity contribution in [3.05, 3.63) is 77.5 Å². The minimum Gasteiger partial charge on any atom is -0.382 e. The average Bonchev–Trinajstić information content (AvgIpc) is 3.08. The molecule has 0 spiro atoms. The summed E-state index contributed by atoms with van der Waals surface area (Å²) in [4.78, 5) is 30.3. The van der Waals surface area contributed by atoms with E-state index in [9.17, 15) is 9.59 Å². The number of carbonyl (C=O) groups is 2. The summed E-state index contributed by atoms with van der Waals surface area (Å²) in [5, 5.41) is 0. The van der Waals surface area contributed by atoms with E-state index in [1.807, 2.05) is 43.3 Å². The van der Waals surface area contributed by atoms with Gasteiger partial charge in [-0.3, -0.25) is 14.5 Å². The second-order valence-electron chi connectivity index (χ2n) is 8.52. The molecule has 2 aromatic rings. The van der Waals surface area contributed by atoms with Gasteiger partial charge in [-0.25, -0.2) is 0 Å². The quantitative estimate of drug-likeness (QED) is 0.441. The van der Waals surface area contributed by atoms with Gasteiger partial charge in [0.2, 0.25) is 0 Å². The first-order valence-electron chi connectivity index (χ1n) is 11.7. The molecule has 0 saturated carbocycles. The highest BCUT2D eigenvalue weighted by Crippen LogP contribution is 2.34. The molecule has 5 heteroatoms. The number of benzene rings is 2. The van der Waals surface area contributed by atoms with E-state index < -0.39 is 0 Å². The molecule has 5 nitrogen and oxygen atoms in total. The van der Waals surface area contributed by atoms with Crippen molar-refractivity contribution in [1.82, 2.24) is 9.80 Å². The Hall–Kier alpha value is -2.92. The van der Waals surface area contributed by atoms with Crippen molar-refractivity contribution in [3.8, 4) is 0 Å². The summed E-state index contributed by atoms with van der Waals surface area (Å²) in [5.74, 6) is 0.259. The van der Waals surface area contributed by atoms with Gasteiger partial charge in [-0.15, -0.1) is 0 Å². The molecular weight excluding hydrogens is 400 g/mol. The van der Waals surface area contributed by atoms with Gasteiger partial charge in [-0.05, 0) is 49.7 Å². The van der Waals surface area contributed by atoms with E-state index in [4.69, 9.17) is 4.74 Å². The van der Waals surface area contributed by atoms with Gasteiger partial charge in [-0.2, -0.15) is 0 Å². The lowest BCUT2D eigenvalue weighted by molar-refractivity contribution is -0.137. The molecule has 2 amide bonds. The number of amides is 2. The van der Waals surface area contributed by atoms with Crippen molar-refractivity contribution < 1.29 is 14.3 Å². The summed E-state index contributed by atoms with van der Waals surface area (Å²) in [6, 6.07) is 20.2. The highest BCUT2D eigenvalue weighted by molar-refractivity contribution is 6.35. The van der Waals surface area contributed by atoms with Gasteiger partial charge in [0.15, 0.2) is 0 Å². The summed E-state index contributed by atoms with van der Waals surface area (Å²) in [5.41, 5.74) is 3.31. The third-order valence-corrected chi connectivity index (χ3v) is 6.38. The largest absolute Gasteiger partial charge is 0.382 e. The zero-order chi connectivity index (χ0) is 22.3. The maximum Gasteiger partial charge on any atom is 0.277 e. The summed E-state index contributed by atoms with van der Waals surface area (Å²) < 4.78 is 5.41. The Balaban J connectivity index is 1.50. The van der Waals surface area contributed by atoms with Gasteiger partial charge in [0.25, 0.3) is 11.8 Å². The molecule has 1 fully saturated rings. The summed E-state index contributed by atoms with van der Waals surface area (Å²) in [7, 11) is 0. The minimum atomic E-state index is -0.181. The monoisotopic (exact) mass is 432 g/mol. The molecule has 2 aliphatic rings. The van der Waals surface area contributed by atoms with E-state index >= 15 is 0 Å². The first-order valence-corrected chi connectivity index (χ1v) is 11.7. The second-order valence-corrected chi connectivity index (χ2v) is 8.52. The number of likely N-dealkylation sites (tertiary alicyclic amines) is 1. The third-order valence-electron chi connectivity index (χ3n) is 6.38. The maximum absolute atomic E-state index is 13.4. The highest BCUT2D eigenvalue weighted by atomic mass is 16.5. The van der Waals surface area contributed by atoms with Gasteiger partial charge in [0.05, 0.1) is 5.57 Å². The van der Waals surface area contributed by atoms with E-state index in [-0.39, 0.29) is 11.8 Å². The van der Waals surface area contributed by atoms with Gasteiger partial charge in [0, 0.05) is 32.8 Å². The molecule has 0 N–H and O–H groups in total. The molecule has 0 radical (unpaired) electrons. The van der Waals surface area contributed by atoms with Gasteiger partial charge < -0.3 is 9.64 Å². The summed E-state index contributed by atoms with van der Waals surface area (Å²) >= 11 is 0. The number of carbonyl (C=O) groups excluding carboxylic acids is 2. The normalized spacial score (nSPS) is 17.5. The molecule has 2 heterocycles. The van der Waals surface area contributed by atoms with Crippen LogP contribution >= 0.6 is 0 Å². The van der Waals surface area contributed by atoms with E-state index in [0.29, 0.717) is 43.4 Å². The summed E-state index contributed by atoms with van der Waals surface area (Å²) in [6.45, 7) is 5.12. The van der Waals surface area contributed by atoms with Crippen LogP contribution in [0.5, 0.6) is 0 Å². The molecular formula is C27H32N2O3. The highest BCUT2D eigenvalue weighted by Gasteiger charge is 2.41. The number of piperidine rings is 1. The third kappa shape index (κ3) is 4.94. The molecule has 0 unspecified atom stereocenters. The van der Waals surface area contributed by atoms with Gasteiger partial charge in [-0.1, -0.05) is 60.7 Å². The van der Waals surface area contributed by atoms with Crippen molar-refractivity contribution in [2.24, 2.45) is 5.92 Å². The zero-order valence-electron chi connectivity index (χ0n) is 18.8. The van der Waals surface area contributed by atoms with Gasteiger partial charge in [0.1, 0.15) is 5.70 Å². The molecule has 168 valence electrons. The predicted molar refractivity (Wildman–Crippen MR) is 126 cm³/mol. The van der Waals surface area contributed by atoms with Crippen molar-refractivity contribution >= 4 is 17.4 Å². The van der Waals surface area contributed by atoms with Crippen molar-refractivity contribution in [1.29, 1.82) is 0 Å². The molecule has 32 heavy (non-hydrogen) atoms. The van der Waals surface area contributed by atoms with E-state index in [0.717, 1.165) is 37.9 Å². The molecule has 1 saturated heterocycles. The van der Waals surface area contributed by atoms with Crippen LogP contribution in [0, 0.1) is 5.92 Å². The Morgan fingerprint density at radius 3 is 2.22 bits per heavy atom. The van der Waals surface area contributed by atoms with Crippen LogP contribution in [-0.2, 0) is 20.7 Å². The molecule has 2 aliphatic heterocycles. The zero-order valence-corrected chi connectivity index (χ0v) is 18.8. The lowest BCUT2D eigenvalue weighted by Gasteiger charge is -2.34. The fourth-order valence-electron chi connectivity index (χ4n) is 4.70. The van der Waals surface area contributed by atoms with E-state index in [1.54, 1.807) is 0 Å². The van der Waals surface area contributed by atoms with Crippen molar-refractivity contribution in [2.75, 3.05) is 32.8 Å². The number of nitrogens with zero attached hydrogens (tertiary/aromatic N) is 2. The van der Waals surface area contributed by atoms with E-state index in [2.05, 4.69) is 29.2 Å². The fraction of sp³-hybridized carbons (Fsp3) is 0.407. The van der Waals surface area contributed by atoms with Crippen LogP contribution < -0.4 is 0 Å². The topological polar surface area (TPSA) is 49.9 Å². The first kappa shape index (κ1) is 22.3. The Morgan fingerprint density at radius 1 is 0.906 bits per heavy atom. The van der Waals surface area contributed by atoms with Gasteiger partial charge >= 0.3 is 0 Å². The lowest BCUT2D eigenvalue weighted by Crippen LogP contribution is -2.39. The maximum atomic E-state index is 13.4. The average molecular weight is 433 g/mol. The van der Waals surface area contributed by atoms with Crippen molar-refractivity contribution in [2.45, 2.75) is 32.6 Å². The van der Waals surface area contributed by atoms with Crippen LogP contribution in [0.15, 0.2) is 66.4 Å². The van der Waals surface area contributed by atoms with Crippen molar-refractivity contribution in [3.63, 3.8) is 0 Å². The standard InChI is InChI=1S/C27H32N2O3/c1-2-32-19-9-16-29-26(30)24(23-12-7-4-8-13-23)25(27(29)31)28-17-14-22(15-18-28)20-21-10-5-3-6-11-21/h3-8,10-13,22H,2,9,14-20H2,1H3. The molecule has 0 atom stereocenters. The number of imide groups is 1. The molecule has 2 aromatic carbocycles. The van der Waals surface area contributed by atoms with E-state index in [1.165, 1.54) is 10.5 Å². The summed E-state index contributed by atoms with van der Waals surface area (Å²) in [6.07, 6.45) is 3.76. The fourth-order valence-corrected chi connectivity index (χ4v) is 4.70. The van der Waals surface area contributed by atoms with Crippen LogP contribution in [0.2, 0.25) is 0 Å². The number of ether oxygens (including phenoxy) is 1. The van der Waals surface area contributed by atoms with Crippen LogP contribution in [-0.4, -0.2) is 54.5 Å². The number of hydrogen-bond acceptors (Lipinski definition) is 4. The molecule has 0 bridgehead atoms. The smallest absolute Gasteiger partial charge is 0.277 e. The Morgan fingerprint density at radius 2 is 1.56 bits per heavy atom. The van der Waals surface area contributed by atoms with Crippen LogP contribution in [0.25, 0.3) is 5.57 Å². The minimum absolute atomic E-state index is 0.160.